The molecular weight excluding hydrogens is 231 g/mol. The molecule has 2 aromatic heterocycles. The maximum atomic E-state index is 10.3. The third-order valence-electron chi connectivity index (χ3n) is 1.33. The SMILES string of the molecule is O=C([O-])c1nnc(-c2cccs2)o1.[K+]. The molecule has 0 spiro atoms. The van der Waals surface area contributed by atoms with Gasteiger partial charge in [0.2, 0.25) is 0 Å². The maximum absolute atomic E-state index is 10.3. The van der Waals surface area contributed by atoms with Gasteiger partial charge in [-0.1, -0.05) is 6.07 Å². The molecule has 0 bridgehead atoms. The maximum Gasteiger partial charge on any atom is 1.00 e. The van der Waals surface area contributed by atoms with Crippen molar-refractivity contribution in [1.82, 2.24) is 10.2 Å². The summed E-state index contributed by atoms with van der Waals surface area (Å²) in [5, 5.41) is 19.0. The number of carbonyl (C=O) groups excluding carboxylic acids is 1. The molecule has 0 saturated heterocycles. The van der Waals surface area contributed by atoms with Crippen LogP contribution in [0.2, 0.25) is 0 Å². The Bertz CT molecular complexity index is 426. The Morgan fingerprint density at radius 1 is 1.50 bits per heavy atom. The third kappa shape index (κ3) is 2.50. The molecule has 0 aliphatic carbocycles. The van der Waals surface area contributed by atoms with E-state index in [-0.39, 0.29) is 57.3 Å². The van der Waals surface area contributed by atoms with Gasteiger partial charge in [-0.3, -0.25) is 0 Å². The van der Waals surface area contributed by atoms with Gasteiger partial charge in [0.25, 0.3) is 11.8 Å². The molecule has 0 fully saturated rings. The van der Waals surface area contributed by atoms with Crippen LogP contribution in [0.3, 0.4) is 0 Å². The molecule has 0 N–H and O–H groups in total. The van der Waals surface area contributed by atoms with Crippen molar-refractivity contribution in [2.24, 2.45) is 0 Å². The van der Waals surface area contributed by atoms with Gasteiger partial charge in [-0.2, -0.15) is 0 Å². The number of thiophene rings is 1. The van der Waals surface area contributed by atoms with Crippen LogP contribution in [0.1, 0.15) is 10.7 Å². The van der Waals surface area contributed by atoms with Crippen LogP contribution in [0.5, 0.6) is 0 Å². The molecule has 0 radical (unpaired) electrons. The number of aromatic carboxylic acids is 1. The number of aromatic nitrogens is 2. The van der Waals surface area contributed by atoms with Crippen molar-refractivity contribution >= 4 is 17.3 Å². The summed E-state index contributed by atoms with van der Waals surface area (Å²) in [6, 6.07) is 3.57. The normalized spacial score (nSPS) is 9.43. The zero-order valence-corrected chi connectivity index (χ0v) is 11.2. The van der Waals surface area contributed by atoms with E-state index in [1.807, 2.05) is 11.4 Å². The van der Waals surface area contributed by atoms with E-state index in [0.717, 1.165) is 4.88 Å². The first-order valence-corrected chi connectivity index (χ1v) is 4.24. The molecule has 0 aliphatic heterocycles. The first-order chi connectivity index (χ1) is 6.27. The predicted molar refractivity (Wildman–Crippen MR) is 41.9 cm³/mol. The van der Waals surface area contributed by atoms with Crippen LogP contribution in [0, 0.1) is 0 Å². The Kier molecular flexibility index (Phi) is 4.42. The minimum Gasteiger partial charge on any atom is -0.540 e. The van der Waals surface area contributed by atoms with Gasteiger partial charge in [0.15, 0.2) is 0 Å². The first-order valence-electron chi connectivity index (χ1n) is 3.36. The number of hydrogen-bond acceptors (Lipinski definition) is 6. The number of nitrogens with zero attached hydrogens (tertiary/aromatic N) is 2. The van der Waals surface area contributed by atoms with Crippen molar-refractivity contribution < 1.29 is 65.7 Å². The van der Waals surface area contributed by atoms with E-state index in [9.17, 15) is 9.90 Å². The van der Waals surface area contributed by atoms with E-state index >= 15 is 0 Å². The Hall–Kier alpha value is -0.0536. The molecule has 0 aliphatic rings. The molecule has 0 aromatic carbocycles. The van der Waals surface area contributed by atoms with Crippen molar-refractivity contribution in [2.75, 3.05) is 0 Å². The van der Waals surface area contributed by atoms with E-state index in [2.05, 4.69) is 10.2 Å². The van der Waals surface area contributed by atoms with E-state index in [0.29, 0.717) is 0 Å². The largest absolute Gasteiger partial charge is 1.00 e. The minimum absolute atomic E-state index is 0. The Morgan fingerprint density at radius 3 is 2.79 bits per heavy atom. The van der Waals surface area contributed by atoms with Gasteiger partial charge in [-0.05, 0) is 11.4 Å². The Labute approximate surface area is 126 Å². The summed E-state index contributed by atoms with van der Waals surface area (Å²) >= 11 is 1.39. The molecule has 5 nitrogen and oxygen atoms in total. The zero-order valence-electron chi connectivity index (χ0n) is 7.26. The van der Waals surface area contributed by atoms with Crippen LogP contribution in [-0.2, 0) is 0 Å². The van der Waals surface area contributed by atoms with Crippen LogP contribution in [-0.4, -0.2) is 16.2 Å². The summed E-state index contributed by atoms with van der Waals surface area (Å²) in [5.41, 5.74) is 0. The Morgan fingerprint density at radius 2 is 2.29 bits per heavy atom. The quantitative estimate of drug-likeness (QED) is 0.523. The zero-order chi connectivity index (χ0) is 9.26. The fourth-order valence-corrected chi connectivity index (χ4v) is 1.45. The number of hydrogen-bond donors (Lipinski definition) is 0. The fraction of sp³-hybridized carbons (Fsp3) is 0. The van der Waals surface area contributed by atoms with Gasteiger partial charge in [-0.25, -0.2) is 0 Å². The average molecular weight is 234 g/mol. The van der Waals surface area contributed by atoms with Gasteiger partial charge >= 0.3 is 51.4 Å². The van der Waals surface area contributed by atoms with E-state index < -0.39 is 11.9 Å². The van der Waals surface area contributed by atoms with E-state index in [4.69, 9.17) is 4.42 Å². The molecule has 2 rings (SSSR count). The third-order valence-corrected chi connectivity index (χ3v) is 2.19. The molecule has 7 heteroatoms. The number of carboxylic acid groups (broad SMARTS) is 1. The smallest absolute Gasteiger partial charge is 0.540 e. The van der Waals surface area contributed by atoms with Crippen LogP contribution < -0.4 is 56.5 Å². The van der Waals surface area contributed by atoms with Crippen molar-refractivity contribution in [2.45, 2.75) is 0 Å². The van der Waals surface area contributed by atoms with Crippen molar-refractivity contribution in [3.05, 3.63) is 23.4 Å². The molecule has 14 heavy (non-hydrogen) atoms. The van der Waals surface area contributed by atoms with Gasteiger partial charge in [0, 0.05) is 0 Å². The summed E-state index contributed by atoms with van der Waals surface area (Å²) in [6.07, 6.45) is 0. The number of carboxylic acids is 1. The topological polar surface area (TPSA) is 79.0 Å². The molecule has 0 atom stereocenters. The van der Waals surface area contributed by atoms with Crippen LogP contribution in [0.25, 0.3) is 10.8 Å². The van der Waals surface area contributed by atoms with Gasteiger partial charge in [-0.15, -0.1) is 21.5 Å². The molecule has 2 heterocycles. The molecule has 0 saturated carbocycles. The van der Waals surface area contributed by atoms with Crippen LogP contribution >= 0.6 is 11.3 Å². The van der Waals surface area contributed by atoms with Gasteiger partial charge in [0.1, 0.15) is 5.97 Å². The first kappa shape index (κ1) is 12.0. The summed E-state index contributed by atoms with van der Waals surface area (Å²) in [6.45, 7) is 0. The Balaban J connectivity index is 0.000000980. The fourth-order valence-electron chi connectivity index (χ4n) is 0.806. The van der Waals surface area contributed by atoms with Crippen molar-refractivity contribution in [3.8, 4) is 10.8 Å². The standard InChI is InChI=1S/C7H4N2O3S.K/c10-7(11)6-9-8-5(12-6)4-2-1-3-13-4;/h1-3H,(H,10,11);/q;+1/p-1. The second-order valence-electron chi connectivity index (χ2n) is 2.18. The molecule has 2 aromatic rings. The summed E-state index contributed by atoms with van der Waals surface area (Å²) in [4.78, 5) is 11.0. The summed E-state index contributed by atoms with van der Waals surface area (Å²) in [7, 11) is 0. The summed E-state index contributed by atoms with van der Waals surface area (Å²) in [5.74, 6) is -1.76. The van der Waals surface area contributed by atoms with Crippen molar-refractivity contribution in [3.63, 3.8) is 0 Å². The van der Waals surface area contributed by atoms with Crippen molar-refractivity contribution in [1.29, 1.82) is 0 Å². The van der Waals surface area contributed by atoms with E-state index in [1.165, 1.54) is 11.3 Å². The molecule has 0 unspecified atom stereocenters. The second-order valence-corrected chi connectivity index (χ2v) is 3.12. The molecule has 66 valence electrons. The molecule has 0 amide bonds. The number of carbonyl (C=O) groups is 1. The monoisotopic (exact) mass is 234 g/mol. The van der Waals surface area contributed by atoms with Gasteiger partial charge in [0.05, 0.1) is 4.88 Å². The number of rotatable bonds is 2. The summed E-state index contributed by atoms with van der Waals surface area (Å²) < 4.78 is 4.82. The van der Waals surface area contributed by atoms with Gasteiger partial charge < -0.3 is 14.3 Å². The average Bonchev–Trinajstić information content (AvgIpc) is 2.75. The van der Waals surface area contributed by atoms with E-state index in [1.54, 1.807) is 6.07 Å². The second kappa shape index (κ2) is 5.15. The predicted octanol–water partition coefficient (Wildman–Crippen LogP) is -2.83. The minimum atomic E-state index is -1.46. The van der Waals surface area contributed by atoms with Crippen LogP contribution in [0.15, 0.2) is 21.9 Å². The molecular formula is C7H3KN2O3S. The van der Waals surface area contributed by atoms with Crippen LogP contribution in [0.4, 0.5) is 0 Å².